The van der Waals surface area contributed by atoms with Gasteiger partial charge in [-0.2, -0.15) is 0 Å². The van der Waals surface area contributed by atoms with Gasteiger partial charge in [0.1, 0.15) is 0 Å². The van der Waals surface area contributed by atoms with Crippen molar-refractivity contribution < 1.29 is 4.74 Å². The number of aromatic nitrogens is 2. The summed E-state index contributed by atoms with van der Waals surface area (Å²) >= 11 is 4.99. The molecule has 2 heterocycles. The average molecular weight is 197 g/mol. The molecule has 1 aromatic heterocycles. The highest BCUT2D eigenvalue weighted by Crippen LogP contribution is 2.16. The maximum Gasteiger partial charge on any atom is 0.197 e. The highest BCUT2D eigenvalue weighted by atomic mass is 32.1. The summed E-state index contributed by atoms with van der Waals surface area (Å²) in [7, 11) is 0. The van der Waals surface area contributed by atoms with Crippen LogP contribution in [-0.2, 0) is 24.3 Å². The summed E-state index contributed by atoms with van der Waals surface area (Å²) in [5.74, 6) is 0. The Labute approximate surface area is 81.1 Å². The van der Waals surface area contributed by atoms with Gasteiger partial charge < -0.3 is 15.5 Å². The van der Waals surface area contributed by atoms with E-state index in [4.69, 9.17) is 22.7 Å². The highest BCUT2D eigenvalue weighted by Gasteiger charge is 2.14. The van der Waals surface area contributed by atoms with E-state index in [-0.39, 0.29) is 0 Å². The summed E-state index contributed by atoms with van der Waals surface area (Å²) in [4.78, 5) is 7.23. The summed E-state index contributed by atoms with van der Waals surface area (Å²) in [5.41, 5.74) is 8.64. The number of rotatable bonds is 1. The number of H-pyrrole nitrogens is 1. The first-order chi connectivity index (χ1) is 6.31. The molecule has 1 aliphatic rings. The zero-order valence-electron chi connectivity index (χ0n) is 7.17. The molecule has 0 amide bonds. The van der Waals surface area contributed by atoms with E-state index in [1.807, 2.05) is 0 Å². The average Bonchev–Trinajstić information content (AvgIpc) is 2.16. The van der Waals surface area contributed by atoms with Gasteiger partial charge in [-0.15, -0.1) is 0 Å². The van der Waals surface area contributed by atoms with Crippen LogP contribution in [0.5, 0.6) is 0 Å². The third-order valence-electron chi connectivity index (χ3n) is 2.14. The maximum absolute atomic E-state index is 5.56. The van der Waals surface area contributed by atoms with E-state index >= 15 is 0 Å². The largest absolute Gasteiger partial charge is 0.376 e. The van der Waals surface area contributed by atoms with Crippen molar-refractivity contribution in [1.82, 2.24) is 9.97 Å². The summed E-state index contributed by atoms with van der Waals surface area (Å²) in [6.07, 6.45) is 0.870. The van der Waals surface area contributed by atoms with Gasteiger partial charge in [0.2, 0.25) is 0 Å². The summed E-state index contributed by atoms with van der Waals surface area (Å²) < 4.78 is 5.84. The second-order valence-corrected chi connectivity index (χ2v) is 3.34. The lowest BCUT2D eigenvalue weighted by Crippen LogP contribution is -2.17. The lowest BCUT2D eigenvalue weighted by molar-refractivity contribution is 0.108. The minimum atomic E-state index is 0.421. The Balaban J connectivity index is 2.57. The van der Waals surface area contributed by atoms with Crippen LogP contribution in [0, 0.1) is 4.77 Å². The lowest BCUT2D eigenvalue weighted by atomic mass is 10.1. The monoisotopic (exact) mass is 197 g/mol. The summed E-state index contributed by atoms with van der Waals surface area (Å²) in [6, 6.07) is 0. The minimum Gasteiger partial charge on any atom is -0.376 e. The lowest BCUT2D eigenvalue weighted by Gasteiger charge is -2.17. The van der Waals surface area contributed by atoms with Gasteiger partial charge in [0.25, 0.3) is 0 Å². The molecular formula is C8H11N3OS. The number of fused-ring (bicyclic) bond motifs is 1. The third kappa shape index (κ3) is 1.63. The zero-order chi connectivity index (χ0) is 9.26. The van der Waals surface area contributed by atoms with Crippen molar-refractivity contribution in [3.05, 3.63) is 21.7 Å². The fourth-order valence-electron chi connectivity index (χ4n) is 1.50. The molecule has 0 aromatic carbocycles. The first kappa shape index (κ1) is 8.80. The molecule has 1 aliphatic heterocycles. The van der Waals surface area contributed by atoms with Crippen molar-refractivity contribution in [2.24, 2.45) is 5.73 Å². The van der Waals surface area contributed by atoms with Crippen LogP contribution >= 0.6 is 12.2 Å². The van der Waals surface area contributed by atoms with Crippen molar-refractivity contribution in [3.63, 3.8) is 0 Å². The zero-order valence-corrected chi connectivity index (χ0v) is 7.99. The van der Waals surface area contributed by atoms with Crippen LogP contribution in [-0.4, -0.2) is 16.6 Å². The molecule has 0 atom stereocenters. The fraction of sp³-hybridized carbons (Fsp3) is 0.500. The Morgan fingerprint density at radius 3 is 3.23 bits per heavy atom. The van der Waals surface area contributed by atoms with Crippen LogP contribution in [0.3, 0.4) is 0 Å². The van der Waals surface area contributed by atoms with Crippen molar-refractivity contribution in [2.45, 2.75) is 19.6 Å². The number of nitrogens with one attached hydrogen (secondary N) is 1. The Kier molecular flexibility index (Phi) is 2.39. The Bertz CT molecular complexity index is 354. The highest BCUT2D eigenvalue weighted by molar-refractivity contribution is 7.71. The van der Waals surface area contributed by atoms with Gasteiger partial charge in [0.05, 0.1) is 18.9 Å². The smallest absolute Gasteiger partial charge is 0.197 e. The quantitative estimate of drug-likeness (QED) is 0.649. The van der Waals surface area contributed by atoms with E-state index in [0.717, 1.165) is 30.0 Å². The van der Waals surface area contributed by atoms with E-state index in [1.165, 1.54) is 0 Å². The molecule has 2 rings (SSSR count). The molecule has 5 heteroatoms. The molecule has 0 saturated carbocycles. The van der Waals surface area contributed by atoms with Gasteiger partial charge in [-0.25, -0.2) is 4.98 Å². The molecule has 0 saturated heterocycles. The Hall–Kier alpha value is -0.780. The molecule has 3 N–H and O–H groups in total. The normalized spacial score (nSPS) is 15.5. The van der Waals surface area contributed by atoms with E-state index in [2.05, 4.69) is 9.97 Å². The standard InChI is InChI=1S/C8H11N3OS/c9-3-7-5-4-12-2-1-6(5)10-8(13)11-7/h1-4,9H2,(H,10,11,13). The van der Waals surface area contributed by atoms with E-state index in [9.17, 15) is 0 Å². The second-order valence-electron chi connectivity index (χ2n) is 2.95. The number of hydrogen-bond donors (Lipinski definition) is 2. The van der Waals surface area contributed by atoms with Crippen LogP contribution < -0.4 is 5.73 Å². The second kappa shape index (κ2) is 3.53. The van der Waals surface area contributed by atoms with Gasteiger partial charge >= 0.3 is 0 Å². The Morgan fingerprint density at radius 2 is 2.46 bits per heavy atom. The van der Waals surface area contributed by atoms with Crippen LogP contribution in [0.15, 0.2) is 0 Å². The molecule has 0 aliphatic carbocycles. The summed E-state index contributed by atoms with van der Waals surface area (Å²) in [5, 5.41) is 0. The molecule has 13 heavy (non-hydrogen) atoms. The van der Waals surface area contributed by atoms with Crippen LogP contribution in [0.2, 0.25) is 0 Å². The molecule has 0 fully saturated rings. The number of ether oxygens (including phenoxy) is 1. The minimum absolute atomic E-state index is 0.421. The molecule has 0 unspecified atom stereocenters. The topological polar surface area (TPSA) is 63.9 Å². The number of nitrogens with zero attached hydrogens (tertiary/aromatic N) is 1. The predicted molar refractivity (Wildman–Crippen MR) is 50.7 cm³/mol. The van der Waals surface area contributed by atoms with Crippen LogP contribution in [0.25, 0.3) is 0 Å². The van der Waals surface area contributed by atoms with Gasteiger partial charge in [-0.3, -0.25) is 0 Å². The first-order valence-corrected chi connectivity index (χ1v) is 4.61. The van der Waals surface area contributed by atoms with Crippen molar-refractivity contribution in [1.29, 1.82) is 0 Å². The van der Waals surface area contributed by atoms with Crippen molar-refractivity contribution in [3.8, 4) is 0 Å². The number of aromatic amines is 1. The fourth-order valence-corrected chi connectivity index (χ4v) is 1.73. The molecule has 1 aromatic rings. The van der Waals surface area contributed by atoms with Gasteiger partial charge in [-0.05, 0) is 12.2 Å². The predicted octanol–water partition coefficient (Wildman–Crippen LogP) is 0.671. The molecular weight excluding hydrogens is 186 g/mol. The molecule has 0 bridgehead atoms. The van der Waals surface area contributed by atoms with Crippen LogP contribution in [0.1, 0.15) is 17.0 Å². The molecule has 0 radical (unpaired) electrons. The third-order valence-corrected chi connectivity index (χ3v) is 2.34. The van der Waals surface area contributed by atoms with E-state index in [0.29, 0.717) is 17.9 Å². The van der Waals surface area contributed by atoms with Gasteiger partial charge in [0, 0.05) is 24.2 Å². The van der Waals surface area contributed by atoms with Crippen molar-refractivity contribution >= 4 is 12.2 Å². The first-order valence-electron chi connectivity index (χ1n) is 4.20. The Morgan fingerprint density at radius 1 is 1.62 bits per heavy atom. The van der Waals surface area contributed by atoms with Gasteiger partial charge in [-0.1, -0.05) is 0 Å². The van der Waals surface area contributed by atoms with Crippen molar-refractivity contribution in [2.75, 3.05) is 6.61 Å². The van der Waals surface area contributed by atoms with Crippen LogP contribution in [0.4, 0.5) is 0 Å². The number of hydrogen-bond acceptors (Lipinski definition) is 4. The van der Waals surface area contributed by atoms with E-state index < -0.39 is 0 Å². The van der Waals surface area contributed by atoms with Gasteiger partial charge in [0.15, 0.2) is 4.77 Å². The SMILES string of the molecule is NCc1nc(=S)[nH]c2c1COCC2. The van der Waals surface area contributed by atoms with E-state index in [1.54, 1.807) is 0 Å². The summed E-state index contributed by atoms with van der Waals surface area (Å²) in [6.45, 7) is 1.76. The number of nitrogens with two attached hydrogens (primary N) is 1. The molecule has 4 nitrogen and oxygen atoms in total. The maximum atomic E-state index is 5.56. The molecule has 70 valence electrons. The molecule has 0 spiro atoms.